The van der Waals surface area contributed by atoms with Crippen molar-refractivity contribution < 1.29 is 23.8 Å². The van der Waals surface area contributed by atoms with Gasteiger partial charge in [-0.25, -0.2) is 8.78 Å². The van der Waals surface area contributed by atoms with E-state index in [1.54, 1.807) is 0 Å². The lowest BCUT2D eigenvalue weighted by Gasteiger charge is -2.55. The molecule has 1 heterocycles. The van der Waals surface area contributed by atoms with Gasteiger partial charge < -0.3 is 15.1 Å². The molecule has 1 aliphatic heterocycles. The number of hydrogen-bond donors (Lipinski definition) is 2. The number of carboxylic acids is 1. The van der Waals surface area contributed by atoms with E-state index in [1.165, 1.54) is 0 Å². The van der Waals surface area contributed by atoms with Crippen LogP contribution in [0.5, 0.6) is 0 Å². The molecule has 0 aromatic rings. The summed E-state index contributed by atoms with van der Waals surface area (Å²) in [5, 5.41) is 19.6. The highest BCUT2D eigenvalue weighted by Gasteiger charge is 2.70. The predicted octanol–water partition coefficient (Wildman–Crippen LogP) is 0.943. The molecule has 2 rings (SSSR count). The van der Waals surface area contributed by atoms with Crippen LogP contribution in [0, 0.1) is 5.41 Å². The van der Waals surface area contributed by atoms with Gasteiger partial charge in [-0.05, 0) is 19.9 Å². The minimum Gasteiger partial charge on any atom is -0.481 e. The molecule has 0 aromatic heterocycles. The number of carboxylic acid groups (broad SMARTS) is 1. The zero-order chi connectivity index (χ0) is 12.9. The van der Waals surface area contributed by atoms with Crippen LogP contribution in [0.3, 0.4) is 0 Å². The normalized spacial score (nSPS) is 30.6. The molecule has 0 atom stereocenters. The maximum absolute atomic E-state index is 13.0. The number of rotatable bonds is 2. The Balaban J connectivity index is 2.21. The van der Waals surface area contributed by atoms with Gasteiger partial charge in [0.15, 0.2) is 0 Å². The SMILES string of the molecule is CN1CCC(O)(C2(C(=O)O)CC(F)(F)C2)CC1. The average Bonchev–Trinajstić information content (AvgIpc) is 2.18. The molecule has 2 N–H and O–H groups in total. The van der Waals surface area contributed by atoms with Gasteiger partial charge >= 0.3 is 5.97 Å². The standard InChI is InChI=1S/C11H17F2NO3/c1-14-4-2-10(17,3-5-14)9(8(15)16)6-11(12,13)7-9/h17H,2-7H2,1H3,(H,15,16). The first-order chi connectivity index (χ1) is 7.71. The third-order valence-electron chi connectivity index (χ3n) is 4.24. The maximum atomic E-state index is 13.0. The van der Waals surface area contributed by atoms with Gasteiger partial charge in [0.2, 0.25) is 0 Å². The Labute approximate surface area is 98.2 Å². The number of carbonyl (C=O) groups is 1. The third-order valence-corrected chi connectivity index (χ3v) is 4.24. The molecule has 0 amide bonds. The van der Waals surface area contributed by atoms with E-state index in [1.807, 2.05) is 11.9 Å². The maximum Gasteiger partial charge on any atom is 0.313 e. The van der Waals surface area contributed by atoms with Crippen LogP contribution in [0.2, 0.25) is 0 Å². The summed E-state index contributed by atoms with van der Waals surface area (Å²) >= 11 is 0. The summed E-state index contributed by atoms with van der Waals surface area (Å²) in [6.45, 7) is 1.08. The number of piperidine rings is 1. The van der Waals surface area contributed by atoms with Gasteiger partial charge in [0.25, 0.3) is 5.92 Å². The van der Waals surface area contributed by atoms with Crippen molar-refractivity contribution in [3.8, 4) is 0 Å². The summed E-state index contributed by atoms with van der Waals surface area (Å²) in [4.78, 5) is 13.2. The average molecular weight is 249 g/mol. The highest BCUT2D eigenvalue weighted by Crippen LogP contribution is 2.60. The molecule has 0 spiro atoms. The van der Waals surface area contributed by atoms with Crippen LogP contribution in [0.1, 0.15) is 25.7 Å². The summed E-state index contributed by atoms with van der Waals surface area (Å²) in [7, 11) is 1.86. The topological polar surface area (TPSA) is 60.8 Å². The highest BCUT2D eigenvalue weighted by molar-refractivity contribution is 5.78. The van der Waals surface area contributed by atoms with E-state index in [9.17, 15) is 23.8 Å². The van der Waals surface area contributed by atoms with E-state index >= 15 is 0 Å². The highest BCUT2D eigenvalue weighted by atomic mass is 19.3. The van der Waals surface area contributed by atoms with Crippen LogP contribution in [-0.2, 0) is 4.79 Å². The van der Waals surface area contributed by atoms with E-state index < -0.39 is 35.7 Å². The minimum atomic E-state index is -2.95. The molecule has 1 saturated carbocycles. The molecule has 1 aliphatic carbocycles. The Morgan fingerprint density at radius 1 is 1.24 bits per heavy atom. The second-order valence-corrected chi connectivity index (χ2v) is 5.43. The van der Waals surface area contributed by atoms with Crippen LogP contribution in [0.25, 0.3) is 0 Å². The molecule has 6 heteroatoms. The number of alkyl halides is 2. The van der Waals surface area contributed by atoms with Crippen LogP contribution in [-0.4, -0.2) is 52.7 Å². The summed E-state index contributed by atoms with van der Waals surface area (Å²) in [5.41, 5.74) is -3.15. The Morgan fingerprint density at radius 3 is 2.06 bits per heavy atom. The molecule has 4 nitrogen and oxygen atoms in total. The number of aliphatic hydroxyl groups is 1. The molecule has 2 aliphatic rings. The lowest BCUT2D eigenvalue weighted by molar-refractivity contribution is -0.252. The van der Waals surface area contributed by atoms with E-state index in [2.05, 4.69) is 0 Å². The van der Waals surface area contributed by atoms with Gasteiger partial charge in [-0.3, -0.25) is 4.79 Å². The first kappa shape index (κ1) is 12.7. The third kappa shape index (κ3) is 1.83. The van der Waals surface area contributed by atoms with Crippen LogP contribution >= 0.6 is 0 Å². The summed E-state index contributed by atoms with van der Waals surface area (Å²) in [5.74, 6) is -4.24. The van der Waals surface area contributed by atoms with Crippen molar-refractivity contribution in [3.63, 3.8) is 0 Å². The fourth-order valence-electron chi connectivity index (χ4n) is 2.98. The number of halogens is 2. The van der Waals surface area contributed by atoms with Crippen molar-refractivity contribution in [2.24, 2.45) is 5.41 Å². The van der Waals surface area contributed by atoms with E-state index in [-0.39, 0.29) is 12.8 Å². The van der Waals surface area contributed by atoms with Crippen LogP contribution in [0.4, 0.5) is 8.78 Å². The molecule has 2 fully saturated rings. The van der Waals surface area contributed by atoms with Crippen molar-refractivity contribution in [3.05, 3.63) is 0 Å². The van der Waals surface area contributed by atoms with Gasteiger partial charge in [-0.2, -0.15) is 0 Å². The van der Waals surface area contributed by atoms with Crippen LogP contribution < -0.4 is 0 Å². The second kappa shape index (κ2) is 3.62. The van der Waals surface area contributed by atoms with Crippen molar-refractivity contribution in [1.82, 2.24) is 4.90 Å². The zero-order valence-electron chi connectivity index (χ0n) is 9.75. The molecule has 0 bridgehead atoms. The molecule has 0 unspecified atom stereocenters. The van der Waals surface area contributed by atoms with Crippen molar-refractivity contribution in [2.45, 2.75) is 37.2 Å². The molecule has 17 heavy (non-hydrogen) atoms. The number of hydrogen-bond acceptors (Lipinski definition) is 3. The number of nitrogens with zero attached hydrogens (tertiary/aromatic N) is 1. The minimum absolute atomic E-state index is 0.242. The smallest absolute Gasteiger partial charge is 0.313 e. The molecule has 1 saturated heterocycles. The first-order valence-electron chi connectivity index (χ1n) is 5.73. The zero-order valence-corrected chi connectivity index (χ0v) is 9.75. The van der Waals surface area contributed by atoms with Crippen molar-refractivity contribution >= 4 is 5.97 Å². The van der Waals surface area contributed by atoms with Gasteiger partial charge in [-0.1, -0.05) is 0 Å². The Kier molecular flexibility index (Phi) is 2.70. The number of likely N-dealkylation sites (tertiary alicyclic amines) is 1. The van der Waals surface area contributed by atoms with Gasteiger partial charge in [0.1, 0.15) is 5.41 Å². The molecular formula is C11H17F2NO3. The number of aliphatic carboxylic acids is 1. The molecular weight excluding hydrogens is 232 g/mol. The van der Waals surface area contributed by atoms with Gasteiger partial charge in [0.05, 0.1) is 5.60 Å². The van der Waals surface area contributed by atoms with Crippen molar-refractivity contribution in [2.75, 3.05) is 20.1 Å². The van der Waals surface area contributed by atoms with Gasteiger partial charge in [-0.15, -0.1) is 0 Å². The summed E-state index contributed by atoms with van der Waals surface area (Å²) in [6, 6.07) is 0. The van der Waals surface area contributed by atoms with Crippen LogP contribution in [0.15, 0.2) is 0 Å². The van der Waals surface area contributed by atoms with E-state index in [0.29, 0.717) is 13.1 Å². The predicted molar refractivity (Wildman–Crippen MR) is 55.9 cm³/mol. The Bertz CT molecular complexity index is 330. The molecule has 0 aromatic carbocycles. The summed E-state index contributed by atoms with van der Waals surface area (Å²) in [6.07, 6.45) is -0.997. The monoisotopic (exact) mass is 249 g/mol. The van der Waals surface area contributed by atoms with E-state index in [0.717, 1.165) is 0 Å². The lowest BCUT2D eigenvalue weighted by atomic mass is 9.54. The lowest BCUT2D eigenvalue weighted by Crippen LogP contribution is -2.66. The molecule has 0 radical (unpaired) electrons. The fourth-order valence-corrected chi connectivity index (χ4v) is 2.98. The Hall–Kier alpha value is -0.750. The summed E-state index contributed by atoms with van der Waals surface area (Å²) < 4.78 is 26.0. The molecule has 98 valence electrons. The van der Waals surface area contributed by atoms with Crippen molar-refractivity contribution in [1.29, 1.82) is 0 Å². The van der Waals surface area contributed by atoms with Gasteiger partial charge in [0, 0.05) is 25.9 Å². The first-order valence-corrected chi connectivity index (χ1v) is 5.73. The quantitative estimate of drug-likeness (QED) is 0.764. The van der Waals surface area contributed by atoms with E-state index in [4.69, 9.17) is 0 Å². The fraction of sp³-hybridized carbons (Fsp3) is 0.909. The Morgan fingerprint density at radius 2 is 1.71 bits per heavy atom. The largest absolute Gasteiger partial charge is 0.481 e. The second-order valence-electron chi connectivity index (χ2n) is 5.43.